The molecule has 0 bridgehead atoms. The molecule has 5 nitrogen and oxygen atoms in total. The number of rotatable bonds is 2. The van der Waals surface area contributed by atoms with E-state index in [0.717, 1.165) is 45.4 Å². The fraction of sp³-hybridized carbons (Fsp3) is 0.632. The highest BCUT2D eigenvalue weighted by Crippen LogP contribution is 2.27. The van der Waals surface area contributed by atoms with Crippen LogP contribution in [0.25, 0.3) is 0 Å². The molecule has 0 radical (unpaired) electrons. The highest BCUT2D eigenvalue weighted by atomic mass is 32.2. The van der Waals surface area contributed by atoms with Gasteiger partial charge >= 0.3 is 0 Å². The molecule has 136 valence electrons. The Labute approximate surface area is 149 Å². The lowest BCUT2D eigenvalue weighted by atomic mass is 10.1. The third-order valence-electron chi connectivity index (χ3n) is 5.97. The van der Waals surface area contributed by atoms with E-state index in [0.29, 0.717) is 12.5 Å². The van der Waals surface area contributed by atoms with E-state index in [1.807, 2.05) is 4.90 Å². The average Bonchev–Trinajstić information content (AvgIpc) is 3.09. The highest BCUT2D eigenvalue weighted by Gasteiger charge is 2.36. The van der Waals surface area contributed by atoms with E-state index < -0.39 is 9.84 Å². The molecule has 1 aromatic rings. The van der Waals surface area contributed by atoms with E-state index in [2.05, 4.69) is 29.2 Å². The van der Waals surface area contributed by atoms with E-state index in [1.165, 1.54) is 11.1 Å². The number of fused-ring (bicyclic) bond motifs is 1. The Morgan fingerprint density at radius 1 is 1.00 bits per heavy atom. The molecule has 1 amide bonds. The zero-order valence-electron chi connectivity index (χ0n) is 14.6. The fourth-order valence-electron chi connectivity index (χ4n) is 4.56. The van der Waals surface area contributed by atoms with E-state index in [1.54, 1.807) is 0 Å². The summed E-state index contributed by atoms with van der Waals surface area (Å²) in [6.45, 7) is 3.39. The molecule has 25 heavy (non-hydrogen) atoms. The number of hydrogen-bond donors (Lipinski definition) is 0. The molecule has 2 heterocycles. The smallest absolute Gasteiger partial charge is 0.226 e. The van der Waals surface area contributed by atoms with Crippen molar-refractivity contribution in [3.05, 3.63) is 35.4 Å². The summed E-state index contributed by atoms with van der Waals surface area (Å²) < 4.78 is 23.3. The summed E-state index contributed by atoms with van der Waals surface area (Å²) in [6, 6.07) is 9.21. The maximum absolute atomic E-state index is 12.7. The van der Waals surface area contributed by atoms with Crippen LogP contribution in [-0.2, 0) is 27.5 Å². The number of nitrogens with zero attached hydrogens (tertiary/aromatic N) is 2. The Bertz CT molecular complexity index is 737. The zero-order valence-corrected chi connectivity index (χ0v) is 15.4. The van der Waals surface area contributed by atoms with Crippen LogP contribution in [-0.4, -0.2) is 67.9 Å². The van der Waals surface area contributed by atoms with Gasteiger partial charge in [0.15, 0.2) is 9.84 Å². The number of amides is 1. The van der Waals surface area contributed by atoms with Crippen molar-refractivity contribution in [1.29, 1.82) is 0 Å². The van der Waals surface area contributed by atoms with Crippen LogP contribution in [0.5, 0.6) is 0 Å². The van der Waals surface area contributed by atoms with Crippen LogP contribution in [0.2, 0.25) is 0 Å². The summed E-state index contributed by atoms with van der Waals surface area (Å²) in [5.74, 6) is -0.0434. The fourth-order valence-corrected chi connectivity index (χ4v) is 6.30. The van der Waals surface area contributed by atoms with E-state index in [4.69, 9.17) is 0 Å². The van der Waals surface area contributed by atoms with Gasteiger partial charge in [0.1, 0.15) is 0 Å². The third kappa shape index (κ3) is 3.60. The molecule has 2 fully saturated rings. The van der Waals surface area contributed by atoms with Crippen LogP contribution in [0.15, 0.2) is 24.3 Å². The van der Waals surface area contributed by atoms with Crippen LogP contribution in [0, 0.1) is 5.92 Å². The van der Waals surface area contributed by atoms with Gasteiger partial charge in [-0.3, -0.25) is 9.69 Å². The molecule has 4 rings (SSSR count). The highest BCUT2D eigenvalue weighted by molar-refractivity contribution is 7.91. The van der Waals surface area contributed by atoms with E-state index in [9.17, 15) is 13.2 Å². The quantitative estimate of drug-likeness (QED) is 0.791. The van der Waals surface area contributed by atoms with Gasteiger partial charge in [-0.05, 0) is 36.8 Å². The first-order chi connectivity index (χ1) is 12.0. The molecule has 2 saturated heterocycles. The first kappa shape index (κ1) is 17.0. The summed E-state index contributed by atoms with van der Waals surface area (Å²) in [5.41, 5.74) is 2.92. The average molecular weight is 362 g/mol. The second-order valence-electron chi connectivity index (χ2n) is 7.65. The minimum absolute atomic E-state index is 0.0456. The van der Waals surface area contributed by atoms with Crippen molar-refractivity contribution >= 4 is 15.7 Å². The molecule has 0 saturated carbocycles. The van der Waals surface area contributed by atoms with Crippen molar-refractivity contribution < 1.29 is 13.2 Å². The van der Waals surface area contributed by atoms with Gasteiger partial charge in [0.25, 0.3) is 0 Å². The number of carbonyl (C=O) groups excluding carboxylic acids is 1. The van der Waals surface area contributed by atoms with Gasteiger partial charge in [0.2, 0.25) is 5.91 Å². The summed E-state index contributed by atoms with van der Waals surface area (Å²) >= 11 is 0. The largest absolute Gasteiger partial charge is 0.341 e. The molecule has 1 unspecified atom stereocenters. The summed E-state index contributed by atoms with van der Waals surface area (Å²) in [4.78, 5) is 17.1. The molecule has 0 spiro atoms. The van der Waals surface area contributed by atoms with Crippen molar-refractivity contribution in [3.8, 4) is 0 Å². The van der Waals surface area contributed by atoms with Crippen molar-refractivity contribution in [2.24, 2.45) is 5.92 Å². The summed E-state index contributed by atoms with van der Waals surface area (Å²) in [6.07, 6.45) is 3.67. The van der Waals surface area contributed by atoms with Gasteiger partial charge < -0.3 is 4.90 Å². The lowest BCUT2D eigenvalue weighted by Crippen LogP contribution is -2.41. The van der Waals surface area contributed by atoms with Crippen LogP contribution in [0.3, 0.4) is 0 Å². The van der Waals surface area contributed by atoms with Crippen molar-refractivity contribution in [2.75, 3.05) is 37.7 Å². The maximum Gasteiger partial charge on any atom is 0.226 e. The Morgan fingerprint density at radius 3 is 2.36 bits per heavy atom. The van der Waals surface area contributed by atoms with Crippen molar-refractivity contribution in [2.45, 2.75) is 31.7 Å². The molecular formula is C19H26N2O3S. The monoisotopic (exact) mass is 362 g/mol. The lowest BCUT2D eigenvalue weighted by Gasteiger charge is -2.28. The minimum Gasteiger partial charge on any atom is -0.341 e. The molecule has 1 aliphatic carbocycles. The van der Waals surface area contributed by atoms with Crippen molar-refractivity contribution in [1.82, 2.24) is 9.80 Å². The standard InChI is InChI=1S/C19H26N2O3S/c22-19(17-6-11-25(23,24)14-17)21-8-3-7-20(9-10-21)18-12-15-4-1-2-5-16(15)13-18/h1-2,4-5,17-18H,3,6-14H2. The zero-order chi connectivity index (χ0) is 17.4. The van der Waals surface area contributed by atoms with Gasteiger partial charge in [-0.25, -0.2) is 8.42 Å². The molecule has 0 aromatic heterocycles. The Kier molecular flexibility index (Phi) is 4.58. The van der Waals surface area contributed by atoms with Crippen molar-refractivity contribution in [3.63, 3.8) is 0 Å². The second-order valence-corrected chi connectivity index (χ2v) is 9.87. The predicted octanol–water partition coefficient (Wildman–Crippen LogP) is 1.12. The Morgan fingerprint density at radius 2 is 1.72 bits per heavy atom. The summed E-state index contributed by atoms with van der Waals surface area (Å²) in [7, 11) is -3.00. The molecule has 0 N–H and O–H groups in total. The van der Waals surface area contributed by atoms with Crippen LogP contribution in [0.1, 0.15) is 24.0 Å². The third-order valence-corrected chi connectivity index (χ3v) is 7.74. The molecule has 6 heteroatoms. The van der Waals surface area contributed by atoms with E-state index >= 15 is 0 Å². The van der Waals surface area contributed by atoms with Gasteiger partial charge in [-0.15, -0.1) is 0 Å². The molecular weight excluding hydrogens is 336 g/mol. The molecule has 1 atom stereocenters. The molecule has 3 aliphatic rings. The van der Waals surface area contributed by atoms with Gasteiger partial charge in [-0.1, -0.05) is 24.3 Å². The van der Waals surface area contributed by atoms with E-state index in [-0.39, 0.29) is 23.3 Å². The van der Waals surface area contributed by atoms with Gasteiger partial charge in [0, 0.05) is 32.2 Å². The number of carbonyl (C=O) groups is 1. The van der Waals surface area contributed by atoms with Crippen LogP contribution < -0.4 is 0 Å². The molecule has 1 aromatic carbocycles. The number of benzene rings is 1. The summed E-state index contributed by atoms with van der Waals surface area (Å²) in [5, 5.41) is 0. The minimum atomic E-state index is -3.00. The normalized spacial score (nSPS) is 27.2. The Balaban J connectivity index is 1.36. The molecule has 2 aliphatic heterocycles. The lowest BCUT2D eigenvalue weighted by molar-refractivity contribution is -0.134. The first-order valence-electron chi connectivity index (χ1n) is 9.32. The second kappa shape index (κ2) is 6.72. The number of sulfone groups is 1. The van der Waals surface area contributed by atoms with Crippen LogP contribution >= 0.6 is 0 Å². The Hall–Kier alpha value is -1.40. The maximum atomic E-state index is 12.7. The topological polar surface area (TPSA) is 57.7 Å². The SMILES string of the molecule is O=C(C1CCS(=O)(=O)C1)N1CCCN(C2Cc3ccccc3C2)CC1. The first-order valence-corrected chi connectivity index (χ1v) is 11.1. The predicted molar refractivity (Wildman–Crippen MR) is 97.2 cm³/mol. The number of hydrogen-bond acceptors (Lipinski definition) is 4. The van der Waals surface area contributed by atoms with Gasteiger partial charge in [0.05, 0.1) is 17.4 Å². The van der Waals surface area contributed by atoms with Gasteiger partial charge in [-0.2, -0.15) is 0 Å². The van der Waals surface area contributed by atoms with Crippen LogP contribution in [0.4, 0.5) is 0 Å².